The molecule has 0 aliphatic rings. The highest BCUT2D eigenvalue weighted by molar-refractivity contribution is 6.36. The maximum atomic E-state index is 12.0. The molecule has 19 heavy (non-hydrogen) atoms. The van der Waals surface area contributed by atoms with E-state index >= 15 is 0 Å². The summed E-state index contributed by atoms with van der Waals surface area (Å²) in [7, 11) is 0. The molecular weight excluding hydrogens is 240 g/mol. The van der Waals surface area contributed by atoms with Gasteiger partial charge in [-0.3, -0.25) is 14.5 Å². The molecule has 0 saturated heterocycles. The van der Waals surface area contributed by atoms with Gasteiger partial charge in [0, 0.05) is 26.2 Å². The second-order valence-electron chi connectivity index (χ2n) is 3.98. The number of carbonyl (C=O) groups is 2. The molecule has 0 aliphatic heterocycles. The Morgan fingerprint density at radius 1 is 0.789 bits per heavy atom. The third-order valence-electron chi connectivity index (χ3n) is 2.37. The van der Waals surface area contributed by atoms with Gasteiger partial charge in [0.25, 0.3) is 5.91 Å². The van der Waals surface area contributed by atoms with Crippen LogP contribution < -0.4 is 0 Å². The number of rotatable bonds is 11. The maximum absolute atomic E-state index is 12.0. The van der Waals surface area contributed by atoms with Crippen LogP contribution in [0, 0.1) is 0 Å². The van der Waals surface area contributed by atoms with Crippen LogP contribution >= 0.6 is 0 Å². The summed E-state index contributed by atoms with van der Waals surface area (Å²) < 4.78 is 0. The molecule has 0 atom stereocenters. The number of amides is 1. The SMILES string of the molecule is C=CCN(CC=C)CC(=O)C(=O)N(CC=C)CC=C. The minimum Gasteiger partial charge on any atom is -0.329 e. The fraction of sp³-hybridized carbons (Fsp3) is 0.333. The quantitative estimate of drug-likeness (QED) is 0.418. The summed E-state index contributed by atoms with van der Waals surface area (Å²) in [6.45, 7) is 16.2. The van der Waals surface area contributed by atoms with Gasteiger partial charge in [-0.1, -0.05) is 24.3 Å². The summed E-state index contributed by atoms with van der Waals surface area (Å²) in [5.74, 6) is -0.967. The zero-order valence-electron chi connectivity index (χ0n) is 11.4. The van der Waals surface area contributed by atoms with Crippen LogP contribution in [0.5, 0.6) is 0 Å². The molecule has 0 unspecified atom stereocenters. The topological polar surface area (TPSA) is 40.6 Å². The van der Waals surface area contributed by atoms with E-state index < -0.39 is 11.7 Å². The second kappa shape index (κ2) is 10.0. The molecule has 4 heteroatoms. The largest absolute Gasteiger partial charge is 0.329 e. The standard InChI is InChI=1S/C15H22N2O2/c1-5-9-16(10-6-2)13-14(18)15(19)17(11-7-3)12-8-4/h5-8H,1-4,9-13H2. The molecule has 0 fully saturated rings. The minimum absolute atomic E-state index is 0.0572. The van der Waals surface area contributed by atoms with E-state index in [-0.39, 0.29) is 6.54 Å². The smallest absolute Gasteiger partial charge is 0.291 e. The van der Waals surface area contributed by atoms with E-state index in [1.165, 1.54) is 4.90 Å². The molecule has 0 heterocycles. The van der Waals surface area contributed by atoms with Crippen LogP contribution in [0.25, 0.3) is 0 Å². The van der Waals surface area contributed by atoms with Gasteiger partial charge in [0.15, 0.2) is 0 Å². The second-order valence-corrected chi connectivity index (χ2v) is 3.98. The van der Waals surface area contributed by atoms with Gasteiger partial charge in [-0.05, 0) is 0 Å². The van der Waals surface area contributed by atoms with Crippen molar-refractivity contribution in [2.24, 2.45) is 0 Å². The van der Waals surface area contributed by atoms with Gasteiger partial charge < -0.3 is 4.90 Å². The molecular formula is C15H22N2O2. The van der Waals surface area contributed by atoms with Crippen molar-refractivity contribution in [3.63, 3.8) is 0 Å². The third kappa shape index (κ3) is 6.52. The van der Waals surface area contributed by atoms with Crippen molar-refractivity contribution in [3.8, 4) is 0 Å². The molecule has 1 amide bonds. The Morgan fingerprint density at radius 2 is 1.21 bits per heavy atom. The van der Waals surface area contributed by atoms with Crippen LogP contribution in [0.15, 0.2) is 50.6 Å². The van der Waals surface area contributed by atoms with Crippen molar-refractivity contribution < 1.29 is 9.59 Å². The Bertz CT molecular complexity index is 341. The highest BCUT2D eigenvalue weighted by Gasteiger charge is 2.21. The monoisotopic (exact) mass is 262 g/mol. The normalized spacial score (nSPS) is 9.74. The Hall–Kier alpha value is -1.94. The molecule has 0 radical (unpaired) electrons. The molecule has 0 spiro atoms. The van der Waals surface area contributed by atoms with E-state index in [1.54, 1.807) is 29.2 Å². The van der Waals surface area contributed by atoms with E-state index in [9.17, 15) is 9.59 Å². The fourth-order valence-corrected chi connectivity index (χ4v) is 1.57. The van der Waals surface area contributed by atoms with Gasteiger partial charge in [-0.25, -0.2) is 0 Å². The van der Waals surface area contributed by atoms with Gasteiger partial charge in [-0.2, -0.15) is 0 Å². The highest BCUT2D eigenvalue weighted by atomic mass is 16.2. The van der Waals surface area contributed by atoms with Crippen LogP contribution in [-0.2, 0) is 9.59 Å². The third-order valence-corrected chi connectivity index (χ3v) is 2.37. The van der Waals surface area contributed by atoms with Crippen molar-refractivity contribution in [3.05, 3.63) is 50.6 Å². The molecule has 104 valence electrons. The highest BCUT2D eigenvalue weighted by Crippen LogP contribution is 1.97. The first-order valence-corrected chi connectivity index (χ1v) is 6.08. The summed E-state index contributed by atoms with van der Waals surface area (Å²) in [6.07, 6.45) is 6.54. The average molecular weight is 262 g/mol. The van der Waals surface area contributed by atoms with Crippen molar-refractivity contribution in [2.45, 2.75) is 0 Å². The van der Waals surface area contributed by atoms with Crippen molar-refractivity contribution in [1.82, 2.24) is 9.80 Å². The number of nitrogens with zero attached hydrogens (tertiary/aromatic N) is 2. The van der Waals surface area contributed by atoms with Crippen LogP contribution in [0.1, 0.15) is 0 Å². The van der Waals surface area contributed by atoms with E-state index in [0.717, 1.165) is 0 Å². The molecule has 4 nitrogen and oxygen atoms in total. The molecule has 0 aliphatic carbocycles. The van der Waals surface area contributed by atoms with Crippen LogP contribution in [0.4, 0.5) is 0 Å². The van der Waals surface area contributed by atoms with Crippen LogP contribution in [0.3, 0.4) is 0 Å². The summed E-state index contributed by atoms with van der Waals surface area (Å²) in [6, 6.07) is 0. The first kappa shape index (κ1) is 17.1. The summed E-state index contributed by atoms with van der Waals surface area (Å²) in [5, 5.41) is 0. The van der Waals surface area contributed by atoms with Crippen LogP contribution in [-0.4, -0.2) is 54.2 Å². The first-order chi connectivity index (χ1) is 9.10. The molecule has 0 aromatic rings. The first-order valence-electron chi connectivity index (χ1n) is 6.08. The Kier molecular flexibility index (Phi) is 9.00. The number of carbonyl (C=O) groups excluding carboxylic acids is 2. The number of hydrogen-bond donors (Lipinski definition) is 0. The Balaban J connectivity index is 4.62. The number of Topliss-reactive ketones (excluding diaryl/α,β-unsaturated/α-hetero) is 1. The predicted molar refractivity (Wildman–Crippen MR) is 78.8 cm³/mol. The molecule has 0 aromatic carbocycles. The molecule has 0 bridgehead atoms. The molecule has 0 saturated carbocycles. The number of ketones is 1. The molecule has 0 N–H and O–H groups in total. The van der Waals surface area contributed by atoms with Gasteiger partial charge in [-0.15, -0.1) is 26.3 Å². The van der Waals surface area contributed by atoms with E-state index in [1.807, 2.05) is 0 Å². The van der Waals surface area contributed by atoms with Gasteiger partial charge in [0.1, 0.15) is 0 Å². The summed E-state index contributed by atoms with van der Waals surface area (Å²) in [5.41, 5.74) is 0. The Morgan fingerprint density at radius 3 is 1.58 bits per heavy atom. The predicted octanol–water partition coefficient (Wildman–Crippen LogP) is 1.43. The minimum atomic E-state index is -0.516. The molecule has 0 rings (SSSR count). The fourth-order valence-electron chi connectivity index (χ4n) is 1.57. The lowest BCUT2D eigenvalue weighted by Gasteiger charge is -2.21. The van der Waals surface area contributed by atoms with E-state index in [0.29, 0.717) is 26.2 Å². The van der Waals surface area contributed by atoms with Crippen molar-refractivity contribution in [1.29, 1.82) is 0 Å². The maximum Gasteiger partial charge on any atom is 0.291 e. The Labute approximate surface area is 115 Å². The zero-order chi connectivity index (χ0) is 14.7. The van der Waals surface area contributed by atoms with Gasteiger partial charge in [0.05, 0.1) is 6.54 Å². The average Bonchev–Trinajstić information content (AvgIpc) is 2.38. The number of hydrogen-bond acceptors (Lipinski definition) is 3. The van der Waals surface area contributed by atoms with Crippen LogP contribution in [0.2, 0.25) is 0 Å². The lowest BCUT2D eigenvalue weighted by molar-refractivity contribution is -0.144. The van der Waals surface area contributed by atoms with Gasteiger partial charge in [0.2, 0.25) is 5.78 Å². The van der Waals surface area contributed by atoms with Crippen molar-refractivity contribution >= 4 is 11.7 Å². The lowest BCUT2D eigenvalue weighted by Crippen LogP contribution is -2.42. The van der Waals surface area contributed by atoms with Gasteiger partial charge >= 0.3 is 0 Å². The lowest BCUT2D eigenvalue weighted by atomic mass is 10.3. The molecule has 0 aromatic heterocycles. The van der Waals surface area contributed by atoms with E-state index in [2.05, 4.69) is 26.3 Å². The van der Waals surface area contributed by atoms with E-state index in [4.69, 9.17) is 0 Å². The van der Waals surface area contributed by atoms with Crippen molar-refractivity contribution in [2.75, 3.05) is 32.7 Å². The zero-order valence-corrected chi connectivity index (χ0v) is 11.4. The summed E-state index contributed by atoms with van der Waals surface area (Å²) >= 11 is 0. The summed E-state index contributed by atoms with van der Waals surface area (Å²) in [4.78, 5) is 27.1.